The van der Waals surface area contributed by atoms with Crippen molar-refractivity contribution in [3.8, 4) is 0 Å². The van der Waals surface area contributed by atoms with Gasteiger partial charge in [0.25, 0.3) is 0 Å². The molecule has 0 amide bonds. The largest absolute Gasteiger partial charge is 0.271 e. The van der Waals surface area contributed by atoms with Gasteiger partial charge in [0.2, 0.25) is 10.0 Å². The van der Waals surface area contributed by atoms with Crippen molar-refractivity contribution in [2.45, 2.75) is 30.7 Å². The Morgan fingerprint density at radius 3 is 2.71 bits per heavy atom. The second-order valence-corrected chi connectivity index (χ2v) is 5.30. The zero-order chi connectivity index (χ0) is 10.2. The Bertz CT molecular complexity index is 420. The first-order valence-electron chi connectivity index (χ1n) is 4.61. The standard InChI is InChI=1S/C8H13N3O2S/c9-14(12,13)8-4-10-11(6-8)5-7-2-1-3-7/h4,6-7H,1-3,5H2,(H2,9,12,13). The lowest BCUT2D eigenvalue weighted by Gasteiger charge is -2.24. The van der Waals surface area contributed by atoms with Crippen LogP contribution in [-0.2, 0) is 16.6 Å². The molecular formula is C8H13N3O2S. The minimum Gasteiger partial charge on any atom is -0.271 e. The van der Waals surface area contributed by atoms with Crippen molar-refractivity contribution in [3.05, 3.63) is 12.4 Å². The summed E-state index contributed by atoms with van der Waals surface area (Å²) in [6.45, 7) is 0.801. The fourth-order valence-electron chi connectivity index (χ4n) is 1.53. The van der Waals surface area contributed by atoms with Crippen molar-refractivity contribution in [3.63, 3.8) is 0 Å². The zero-order valence-corrected chi connectivity index (χ0v) is 8.57. The molecule has 1 heterocycles. The van der Waals surface area contributed by atoms with Crippen LogP contribution in [0.1, 0.15) is 19.3 Å². The van der Waals surface area contributed by atoms with Gasteiger partial charge >= 0.3 is 0 Å². The van der Waals surface area contributed by atoms with Crippen LogP contribution in [-0.4, -0.2) is 18.2 Å². The highest BCUT2D eigenvalue weighted by molar-refractivity contribution is 7.89. The van der Waals surface area contributed by atoms with Crippen molar-refractivity contribution in [2.24, 2.45) is 11.1 Å². The van der Waals surface area contributed by atoms with E-state index < -0.39 is 10.0 Å². The van der Waals surface area contributed by atoms with Crippen LogP contribution in [0.3, 0.4) is 0 Å². The normalized spacial score (nSPS) is 18.1. The molecule has 1 aliphatic carbocycles. The lowest BCUT2D eigenvalue weighted by molar-refractivity contribution is 0.266. The van der Waals surface area contributed by atoms with Gasteiger partial charge in [0.15, 0.2) is 0 Å². The third-order valence-electron chi connectivity index (χ3n) is 2.61. The van der Waals surface area contributed by atoms with Crippen molar-refractivity contribution in [1.82, 2.24) is 9.78 Å². The average molecular weight is 215 g/mol. The number of hydrogen-bond acceptors (Lipinski definition) is 3. The van der Waals surface area contributed by atoms with Gasteiger partial charge in [0, 0.05) is 12.7 Å². The predicted octanol–water partition coefficient (Wildman–Crippen LogP) is 0.331. The molecule has 78 valence electrons. The number of primary sulfonamides is 1. The zero-order valence-electron chi connectivity index (χ0n) is 7.76. The van der Waals surface area contributed by atoms with Gasteiger partial charge in [-0.15, -0.1) is 0 Å². The molecule has 0 spiro atoms. The second kappa shape index (κ2) is 3.36. The summed E-state index contributed by atoms with van der Waals surface area (Å²) in [5.74, 6) is 0.656. The SMILES string of the molecule is NS(=O)(=O)c1cnn(CC2CCC2)c1. The molecule has 0 bridgehead atoms. The van der Waals surface area contributed by atoms with Crippen LogP contribution in [0.5, 0.6) is 0 Å². The molecule has 14 heavy (non-hydrogen) atoms. The van der Waals surface area contributed by atoms with Gasteiger partial charge in [0.1, 0.15) is 4.90 Å². The molecule has 0 aliphatic heterocycles. The Morgan fingerprint density at radius 2 is 2.29 bits per heavy atom. The van der Waals surface area contributed by atoms with Crippen molar-refractivity contribution < 1.29 is 8.42 Å². The van der Waals surface area contributed by atoms with Crippen LogP contribution in [0.2, 0.25) is 0 Å². The number of rotatable bonds is 3. The molecule has 1 aliphatic rings. The number of aromatic nitrogens is 2. The van der Waals surface area contributed by atoms with Gasteiger partial charge in [0.05, 0.1) is 6.20 Å². The molecule has 0 aromatic carbocycles. The Balaban J connectivity index is 2.09. The highest BCUT2D eigenvalue weighted by Crippen LogP contribution is 2.27. The van der Waals surface area contributed by atoms with Gasteiger partial charge in [-0.2, -0.15) is 5.10 Å². The molecule has 2 N–H and O–H groups in total. The van der Waals surface area contributed by atoms with E-state index in [4.69, 9.17) is 5.14 Å². The minimum absolute atomic E-state index is 0.0943. The molecule has 1 fully saturated rings. The Hall–Kier alpha value is -0.880. The highest BCUT2D eigenvalue weighted by Gasteiger charge is 2.19. The lowest BCUT2D eigenvalue weighted by atomic mass is 9.85. The van der Waals surface area contributed by atoms with Crippen LogP contribution in [0, 0.1) is 5.92 Å². The van der Waals surface area contributed by atoms with Crippen LogP contribution in [0.15, 0.2) is 17.3 Å². The topological polar surface area (TPSA) is 78.0 Å². The fourth-order valence-corrected chi connectivity index (χ4v) is 1.99. The summed E-state index contributed by atoms with van der Waals surface area (Å²) in [4.78, 5) is 0.0943. The first kappa shape index (κ1) is 9.67. The van der Waals surface area contributed by atoms with Crippen molar-refractivity contribution in [1.29, 1.82) is 0 Å². The Labute approximate surface area is 83.0 Å². The van der Waals surface area contributed by atoms with Crippen LogP contribution in [0.4, 0.5) is 0 Å². The molecule has 0 saturated heterocycles. The summed E-state index contributed by atoms with van der Waals surface area (Å²) in [6.07, 6.45) is 6.49. The quantitative estimate of drug-likeness (QED) is 0.789. The van der Waals surface area contributed by atoms with Crippen LogP contribution in [0.25, 0.3) is 0 Å². The van der Waals surface area contributed by atoms with E-state index in [-0.39, 0.29) is 4.90 Å². The van der Waals surface area contributed by atoms with Crippen LogP contribution >= 0.6 is 0 Å². The Kier molecular flexibility index (Phi) is 2.32. The van der Waals surface area contributed by atoms with E-state index in [9.17, 15) is 8.42 Å². The molecule has 1 saturated carbocycles. The maximum atomic E-state index is 10.9. The number of hydrogen-bond donors (Lipinski definition) is 1. The first-order chi connectivity index (χ1) is 6.55. The summed E-state index contributed by atoms with van der Waals surface area (Å²) in [6, 6.07) is 0. The third-order valence-corrected chi connectivity index (χ3v) is 3.48. The van der Waals surface area contributed by atoms with E-state index in [1.165, 1.54) is 31.7 Å². The lowest BCUT2D eigenvalue weighted by Crippen LogP contribution is -2.18. The number of sulfonamides is 1. The second-order valence-electron chi connectivity index (χ2n) is 3.74. The first-order valence-corrected chi connectivity index (χ1v) is 6.15. The highest BCUT2D eigenvalue weighted by atomic mass is 32.2. The van der Waals surface area contributed by atoms with Crippen molar-refractivity contribution >= 4 is 10.0 Å². The van der Waals surface area contributed by atoms with E-state index in [2.05, 4.69) is 5.10 Å². The summed E-state index contributed by atoms with van der Waals surface area (Å²) in [7, 11) is -3.59. The molecule has 6 heteroatoms. The molecular weight excluding hydrogens is 202 g/mol. The summed E-state index contributed by atoms with van der Waals surface area (Å²) >= 11 is 0. The molecule has 0 radical (unpaired) electrons. The van der Waals surface area contributed by atoms with Gasteiger partial charge in [-0.3, -0.25) is 4.68 Å². The number of nitrogens with two attached hydrogens (primary N) is 1. The maximum Gasteiger partial charge on any atom is 0.241 e. The molecule has 5 nitrogen and oxygen atoms in total. The molecule has 0 unspecified atom stereocenters. The average Bonchev–Trinajstić information content (AvgIpc) is 2.43. The third kappa shape index (κ3) is 1.96. The van der Waals surface area contributed by atoms with Gasteiger partial charge in [-0.1, -0.05) is 6.42 Å². The van der Waals surface area contributed by atoms with E-state index >= 15 is 0 Å². The van der Waals surface area contributed by atoms with E-state index in [1.807, 2.05) is 0 Å². The smallest absolute Gasteiger partial charge is 0.241 e. The predicted molar refractivity (Wildman–Crippen MR) is 50.9 cm³/mol. The van der Waals surface area contributed by atoms with E-state index in [0.29, 0.717) is 5.92 Å². The summed E-state index contributed by atoms with van der Waals surface area (Å²) < 4.78 is 23.5. The molecule has 0 atom stereocenters. The minimum atomic E-state index is -3.59. The van der Waals surface area contributed by atoms with Crippen LogP contribution < -0.4 is 5.14 Å². The fraction of sp³-hybridized carbons (Fsp3) is 0.625. The molecule has 1 aromatic rings. The van der Waals surface area contributed by atoms with E-state index in [1.54, 1.807) is 4.68 Å². The van der Waals surface area contributed by atoms with Gasteiger partial charge in [-0.05, 0) is 18.8 Å². The monoisotopic (exact) mass is 215 g/mol. The van der Waals surface area contributed by atoms with Crippen molar-refractivity contribution in [2.75, 3.05) is 0 Å². The summed E-state index contributed by atoms with van der Waals surface area (Å²) in [5.41, 5.74) is 0. The van der Waals surface area contributed by atoms with Gasteiger partial charge < -0.3 is 0 Å². The Morgan fingerprint density at radius 1 is 1.57 bits per heavy atom. The molecule has 1 aromatic heterocycles. The maximum absolute atomic E-state index is 10.9. The van der Waals surface area contributed by atoms with Gasteiger partial charge in [-0.25, -0.2) is 13.6 Å². The summed E-state index contributed by atoms with van der Waals surface area (Å²) in [5, 5.41) is 8.93. The number of nitrogens with zero attached hydrogens (tertiary/aromatic N) is 2. The van der Waals surface area contributed by atoms with E-state index in [0.717, 1.165) is 6.54 Å². The molecule has 2 rings (SSSR count).